The Morgan fingerprint density at radius 1 is 0.679 bits per heavy atom. The van der Waals surface area contributed by atoms with Crippen LogP contribution in [0.3, 0.4) is 0 Å². The van der Waals surface area contributed by atoms with Crippen molar-refractivity contribution in [1.29, 1.82) is 0 Å². The van der Waals surface area contributed by atoms with Crippen LogP contribution < -0.4 is 9.64 Å². The average Bonchev–Trinajstić information content (AvgIpc) is 4.06. The summed E-state index contributed by atoms with van der Waals surface area (Å²) in [6.07, 6.45) is 15.0. The van der Waals surface area contributed by atoms with Crippen LogP contribution in [0.5, 0.6) is 5.75 Å². The highest BCUT2D eigenvalue weighted by Crippen LogP contribution is 2.91. The van der Waals surface area contributed by atoms with E-state index >= 15 is 0 Å². The Bertz CT molecular complexity index is 2310. The zero-order valence-electron chi connectivity index (χ0n) is 32.8. The van der Waals surface area contributed by atoms with Crippen molar-refractivity contribution >= 4 is 5.69 Å². The lowest BCUT2D eigenvalue weighted by Crippen LogP contribution is -2.56. The topological polar surface area (TPSA) is 30.9 Å². The van der Waals surface area contributed by atoms with Gasteiger partial charge in [-0.1, -0.05) is 45.6 Å². The minimum absolute atomic E-state index is 0.351. The molecular weight excluding hydrogens is 687 g/mol. The van der Waals surface area contributed by atoms with Gasteiger partial charge in [-0.15, -0.1) is 0 Å². The lowest BCUT2D eigenvalue weighted by molar-refractivity contribution is -0.108. The van der Waals surface area contributed by atoms with Gasteiger partial charge in [0, 0.05) is 43.1 Å². The predicted octanol–water partition coefficient (Wildman–Crippen LogP) is 8.39. The molecular formula is C52H55NO3. The van der Waals surface area contributed by atoms with Gasteiger partial charge in [-0.05, 0) is 192 Å². The van der Waals surface area contributed by atoms with Gasteiger partial charge in [0.2, 0.25) is 0 Å². The van der Waals surface area contributed by atoms with Gasteiger partial charge in [0.25, 0.3) is 0 Å². The van der Waals surface area contributed by atoms with Gasteiger partial charge in [-0.3, -0.25) is 0 Å². The summed E-state index contributed by atoms with van der Waals surface area (Å²) in [5.74, 6) is 22.5. The van der Waals surface area contributed by atoms with E-state index in [0.29, 0.717) is 37.8 Å². The lowest BCUT2D eigenvalue weighted by Gasteiger charge is -2.60. The first-order valence-corrected chi connectivity index (χ1v) is 23.9. The van der Waals surface area contributed by atoms with Crippen molar-refractivity contribution in [2.24, 2.45) is 136 Å². The zero-order valence-corrected chi connectivity index (χ0v) is 32.8. The average molecular weight is 742 g/mol. The van der Waals surface area contributed by atoms with E-state index in [1.165, 1.54) is 50.9 Å². The summed E-state index contributed by atoms with van der Waals surface area (Å²) >= 11 is 0. The van der Waals surface area contributed by atoms with Crippen LogP contribution >= 0.6 is 0 Å². The van der Waals surface area contributed by atoms with Crippen molar-refractivity contribution in [3.8, 4) is 5.75 Å². The fourth-order valence-corrected chi connectivity index (χ4v) is 23.4. The number of rotatable bonds is 8. The van der Waals surface area contributed by atoms with Crippen LogP contribution in [0.4, 0.5) is 5.69 Å². The van der Waals surface area contributed by atoms with Crippen molar-refractivity contribution in [2.45, 2.75) is 38.5 Å². The fourth-order valence-electron chi connectivity index (χ4n) is 23.4. The maximum absolute atomic E-state index is 6.15. The van der Waals surface area contributed by atoms with Crippen molar-refractivity contribution in [1.82, 2.24) is 0 Å². The van der Waals surface area contributed by atoms with Crippen LogP contribution in [0.25, 0.3) is 0 Å². The highest BCUT2D eigenvalue weighted by Gasteiger charge is 2.85. The number of methoxy groups -OCH3 is 1. The molecule has 56 heavy (non-hydrogen) atoms. The fraction of sp³-hybridized carbons (Fsp3) is 0.692. The molecule has 1 spiro atoms. The Morgan fingerprint density at radius 3 is 2.34 bits per heavy atom. The number of benzene rings is 1. The number of nitrogens with zero attached hydrogens (tertiary/aromatic N) is 1. The molecule has 0 amide bonds. The van der Waals surface area contributed by atoms with E-state index in [1.807, 2.05) is 11.1 Å². The van der Waals surface area contributed by atoms with Gasteiger partial charge < -0.3 is 19.1 Å². The second-order valence-corrected chi connectivity index (χ2v) is 23.4. The first kappa shape index (κ1) is 29.6. The van der Waals surface area contributed by atoms with Crippen LogP contribution in [0.2, 0.25) is 0 Å². The monoisotopic (exact) mass is 741 g/mol. The third kappa shape index (κ3) is 2.77. The van der Waals surface area contributed by atoms with Crippen molar-refractivity contribution in [2.75, 3.05) is 51.5 Å². The SMILES string of the molecule is COCCOCCOc1ccc(N2CC3C4=C5C6=C7C8C(C=C9CC%10CC%11C=C%12CC%13CC(=C%14C5C5C6C6C8C9C8C%10C%11C9C%12C(C%14%13)C5C9C68)C4)CC73C2)cc1. The molecule has 0 radical (unpaired) electrons. The molecule has 23 atom stereocenters. The molecule has 18 rings (SSSR count). The van der Waals surface area contributed by atoms with Crippen molar-refractivity contribution < 1.29 is 14.2 Å². The maximum Gasteiger partial charge on any atom is 0.119 e. The molecule has 4 heteroatoms. The van der Waals surface area contributed by atoms with E-state index in [9.17, 15) is 0 Å². The predicted molar refractivity (Wildman–Crippen MR) is 211 cm³/mol. The summed E-state index contributed by atoms with van der Waals surface area (Å²) in [7, 11) is 1.72. The molecule has 1 aromatic carbocycles. The Balaban J connectivity index is 0.830. The number of fused-ring (bicyclic) bond motifs is 1. The van der Waals surface area contributed by atoms with Crippen LogP contribution in [0.15, 0.2) is 81.0 Å². The van der Waals surface area contributed by atoms with Gasteiger partial charge in [0.05, 0.1) is 19.8 Å². The number of hydrogen-bond acceptors (Lipinski definition) is 4. The number of allylic oxidation sites excluding steroid dienone is 8. The molecule has 0 bridgehead atoms. The Hall–Kier alpha value is -2.56. The third-order valence-electron chi connectivity index (χ3n) is 23.0. The van der Waals surface area contributed by atoms with Gasteiger partial charge in [-0.2, -0.15) is 0 Å². The molecule has 11 fully saturated rings. The van der Waals surface area contributed by atoms with Gasteiger partial charge in [0.1, 0.15) is 12.4 Å². The van der Waals surface area contributed by atoms with Crippen LogP contribution in [-0.2, 0) is 9.47 Å². The van der Waals surface area contributed by atoms with E-state index in [4.69, 9.17) is 14.2 Å². The molecule has 1 aliphatic heterocycles. The third-order valence-corrected chi connectivity index (χ3v) is 23.0. The Morgan fingerprint density at radius 2 is 1.45 bits per heavy atom. The number of hydrogen-bond donors (Lipinski definition) is 0. The summed E-state index contributed by atoms with van der Waals surface area (Å²) in [5.41, 5.74) is 18.5. The van der Waals surface area contributed by atoms with E-state index in [-0.39, 0.29) is 0 Å². The molecule has 286 valence electrons. The second-order valence-electron chi connectivity index (χ2n) is 23.4. The maximum atomic E-state index is 6.15. The Labute approximate surface area is 331 Å². The highest BCUT2D eigenvalue weighted by atomic mass is 16.5. The minimum Gasteiger partial charge on any atom is -0.491 e. The first-order chi connectivity index (χ1) is 27.7. The van der Waals surface area contributed by atoms with Crippen molar-refractivity contribution in [3.05, 3.63) is 81.0 Å². The molecule has 1 saturated heterocycles. The molecule has 1 aromatic rings. The Kier molecular flexibility index (Phi) is 4.82. The first-order valence-electron chi connectivity index (χ1n) is 23.9. The molecule has 10 saturated carbocycles. The van der Waals surface area contributed by atoms with Crippen molar-refractivity contribution in [3.63, 3.8) is 0 Å². The van der Waals surface area contributed by atoms with E-state index < -0.39 is 0 Å². The van der Waals surface area contributed by atoms with Gasteiger partial charge >= 0.3 is 0 Å². The van der Waals surface area contributed by atoms with Crippen LogP contribution in [0.1, 0.15) is 38.5 Å². The molecule has 0 aromatic heterocycles. The lowest BCUT2D eigenvalue weighted by atomic mass is 9.44. The summed E-state index contributed by atoms with van der Waals surface area (Å²) in [6, 6.07) is 9.27. The second kappa shape index (κ2) is 9.11. The summed E-state index contributed by atoms with van der Waals surface area (Å²) < 4.78 is 17.0. The normalized spacial score (nSPS) is 58.3. The van der Waals surface area contributed by atoms with E-state index in [0.717, 1.165) is 130 Å². The summed E-state index contributed by atoms with van der Waals surface area (Å²) in [5, 5.41) is 0. The van der Waals surface area contributed by atoms with Crippen LogP contribution in [0, 0.1) is 136 Å². The number of ether oxygens (including phenoxy) is 3. The molecule has 4 nitrogen and oxygen atoms in total. The minimum atomic E-state index is 0.351. The molecule has 17 aliphatic rings. The quantitative estimate of drug-likeness (QED) is 0.198. The largest absolute Gasteiger partial charge is 0.491 e. The highest BCUT2D eigenvalue weighted by molar-refractivity contribution is 5.69. The van der Waals surface area contributed by atoms with E-state index in [1.54, 1.807) is 13.5 Å². The molecule has 23 unspecified atom stereocenters. The smallest absolute Gasteiger partial charge is 0.119 e. The molecule has 1 heterocycles. The molecule has 0 N–H and O–H groups in total. The zero-order chi connectivity index (χ0) is 35.4. The summed E-state index contributed by atoms with van der Waals surface area (Å²) in [6.45, 7) is 4.94. The van der Waals surface area contributed by atoms with Gasteiger partial charge in [-0.25, -0.2) is 0 Å². The number of anilines is 1. The van der Waals surface area contributed by atoms with E-state index in [2.05, 4.69) is 74.8 Å². The van der Waals surface area contributed by atoms with Crippen LogP contribution in [-0.4, -0.2) is 46.6 Å². The molecule has 16 aliphatic carbocycles. The summed E-state index contributed by atoms with van der Waals surface area (Å²) in [4.78, 5) is 2.90. The van der Waals surface area contributed by atoms with Gasteiger partial charge in [0.15, 0.2) is 0 Å². The standard InChI is InChI=1S/C52H55NO3/c1-54-6-7-55-8-9-56-28-4-2-27(3-5-28)53-18-30-29-16-25-14-22-12-23-11-20-10-21-13-24-15-26-17-52(30,19-53)51-37(26)42-36(24)41-32(21)31(20)39-35(23)40-33(22)34(25)43-38(29)50(51)49-47(42)45(41)44(39)46(40)48(43)49/h2-5,11,15,20-22,26,30-33,35-37,39-49H,6-10,12-14,16-19H2,1H3.